The number of carbonyl (C=O) groups excluding carboxylic acids is 3. The summed E-state index contributed by atoms with van der Waals surface area (Å²) in [7, 11) is 1.59. The van der Waals surface area contributed by atoms with Crippen molar-refractivity contribution in [2.45, 2.75) is 38.1 Å². The maximum absolute atomic E-state index is 12.8. The topological polar surface area (TPSA) is 69.7 Å². The second-order valence-corrected chi connectivity index (χ2v) is 6.32. The van der Waals surface area contributed by atoms with E-state index in [2.05, 4.69) is 5.32 Å². The molecule has 6 heteroatoms. The SMILES string of the molecule is CNC(=O)C1CCCCN1C(=O)CN1C(=O)CCc2ccccc21. The van der Waals surface area contributed by atoms with Crippen LogP contribution in [0.3, 0.4) is 0 Å². The number of fused-ring (bicyclic) bond motifs is 1. The van der Waals surface area contributed by atoms with E-state index < -0.39 is 6.04 Å². The van der Waals surface area contributed by atoms with Gasteiger partial charge in [-0.1, -0.05) is 18.2 Å². The van der Waals surface area contributed by atoms with E-state index in [-0.39, 0.29) is 24.3 Å². The smallest absolute Gasteiger partial charge is 0.243 e. The van der Waals surface area contributed by atoms with Gasteiger partial charge in [0.25, 0.3) is 0 Å². The molecule has 0 spiro atoms. The molecule has 2 heterocycles. The molecule has 2 aliphatic heterocycles. The summed E-state index contributed by atoms with van der Waals surface area (Å²) < 4.78 is 0. The van der Waals surface area contributed by atoms with Crippen LogP contribution in [0.1, 0.15) is 31.2 Å². The molecule has 128 valence electrons. The number of benzene rings is 1. The van der Waals surface area contributed by atoms with Crippen molar-refractivity contribution >= 4 is 23.4 Å². The zero-order valence-corrected chi connectivity index (χ0v) is 14.0. The highest BCUT2D eigenvalue weighted by atomic mass is 16.2. The van der Waals surface area contributed by atoms with Gasteiger partial charge in [0.05, 0.1) is 0 Å². The molecule has 1 atom stereocenters. The summed E-state index contributed by atoms with van der Waals surface area (Å²) in [6, 6.07) is 7.27. The number of para-hydroxylation sites is 1. The van der Waals surface area contributed by atoms with Crippen molar-refractivity contribution < 1.29 is 14.4 Å². The normalized spacial score (nSPS) is 20.5. The Kier molecular flexibility index (Phi) is 4.83. The Morgan fingerprint density at radius 2 is 2.00 bits per heavy atom. The number of nitrogens with zero attached hydrogens (tertiary/aromatic N) is 2. The van der Waals surface area contributed by atoms with Crippen molar-refractivity contribution in [1.29, 1.82) is 0 Å². The minimum Gasteiger partial charge on any atom is -0.357 e. The molecule has 0 bridgehead atoms. The van der Waals surface area contributed by atoms with Crippen molar-refractivity contribution in [3.05, 3.63) is 29.8 Å². The number of piperidine rings is 1. The summed E-state index contributed by atoms with van der Waals surface area (Å²) in [4.78, 5) is 40.4. The standard InChI is InChI=1S/C18H23N3O3/c1-19-18(24)15-8-4-5-11-20(15)17(23)12-21-14-7-3-2-6-13(14)9-10-16(21)22/h2-3,6-7,15H,4-5,8-12H2,1H3,(H,19,24). The third-order valence-corrected chi connectivity index (χ3v) is 4.86. The molecule has 1 saturated heterocycles. The van der Waals surface area contributed by atoms with Gasteiger partial charge in [0.2, 0.25) is 17.7 Å². The van der Waals surface area contributed by atoms with Gasteiger partial charge in [-0.15, -0.1) is 0 Å². The van der Waals surface area contributed by atoms with Crippen LogP contribution in [0.25, 0.3) is 0 Å². The van der Waals surface area contributed by atoms with Crippen molar-refractivity contribution in [2.75, 3.05) is 25.0 Å². The zero-order valence-electron chi connectivity index (χ0n) is 14.0. The van der Waals surface area contributed by atoms with Crippen molar-refractivity contribution in [1.82, 2.24) is 10.2 Å². The van der Waals surface area contributed by atoms with E-state index >= 15 is 0 Å². The number of anilines is 1. The van der Waals surface area contributed by atoms with Crippen LogP contribution in [0.2, 0.25) is 0 Å². The first-order valence-electron chi connectivity index (χ1n) is 8.51. The van der Waals surface area contributed by atoms with Gasteiger partial charge in [-0.25, -0.2) is 0 Å². The van der Waals surface area contributed by atoms with Gasteiger partial charge in [0.15, 0.2) is 0 Å². The maximum atomic E-state index is 12.8. The third kappa shape index (κ3) is 3.13. The minimum absolute atomic E-state index is 0.00331. The van der Waals surface area contributed by atoms with Gasteiger partial charge in [0, 0.05) is 25.7 Å². The zero-order chi connectivity index (χ0) is 17.1. The Hall–Kier alpha value is -2.37. The fourth-order valence-corrected chi connectivity index (χ4v) is 3.57. The highest BCUT2D eigenvalue weighted by Gasteiger charge is 2.34. The number of likely N-dealkylation sites (N-methyl/N-ethyl adjacent to an activating group) is 1. The highest BCUT2D eigenvalue weighted by molar-refractivity contribution is 6.01. The van der Waals surface area contributed by atoms with Crippen LogP contribution in [0.4, 0.5) is 5.69 Å². The predicted molar refractivity (Wildman–Crippen MR) is 90.5 cm³/mol. The summed E-state index contributed by atoms with van der Waals surface area (Å²) in [6.07, 6.45) is 3.64. The van der Waals surface area contributed by atoms with Crippen molar-refractivity contribution in [3.8, 4) is 0 Å². The molecule has 1 fully saturated rings. The number of aryl methyl sites for hydroxylation is 1. The third-order valence-electron chi connectivity index (χ3n) is 4.86. The number of amides is 3. The lowest BCUT2D eigenvalue weighted by Gasteiger charge is -2.37. The quantitative estimate of drug-likeness (QED) is 0.902. The van der Waals surface area contributed by atoms with E-state index in [1.54, 1.807) is 16.8 Å². The van der Waals surface area contributed by atoms with Crippen LogP contribution in [-0.4, -0.2) is 48.8 Å². The molecule has 24 heavy (non-hydrogen) atoms. The van der Waals surface area contributed by atoms with E-state index in [1.807, 2.05) is 24.3 Å². The van der Waals surface area contributed by atoms with Gasteiger partial charge in [-0.3, -0.25) is 14.4 Å². The molecule has 1 N–H and O–H groups in total. The van der Waals surface area contributed by atoms with Gasteiger partial charge < -0.3 is 15.1 Å². The molecule has 2 aliphatic rings. The first-order chi connectivity index (χ1) is 11.6. The average Bonchev–Trinajstić information content (AvgIpc) is 2.63. The lowest BCUT2D eigenvalue weighted by molar-refractivity contribution is -0.141. The fraction of sp³-hybridized carbons (Fsp3) is 0.500. The molecule has 0 radical (unpaired) electrons. The van der Waals surface area contributed by atoms with Crippen LogP contribution in [0.15, 0.2) is 24.3 Å². The van der Waals surface area contributed by atoms with Gasteiger partial charge in [-0.2, -0.15) is 0 Å². The van der Waals surface area contributed by atoms with E-state index in [9.17, 15) is 14.4 Å². The Labute approximate surface area is 141 Å². The fourth-order valence-electron chi connectivity index (χ4n) is 3.57. The van der Waals surface area contributed by atoms with Gasteiger partial charge in [0.1, 0.15) is 12.6 Å². The van der Waals surface area contributed by atoms with Crippen LogP contribution >= 0.6 is 0 Å². The van der Waals surface area contributed by atoms with Crippen LogP contribution < -0.4 is 10.2 Å². The molecule has 0 aromatic heterocycles. The molecule has 1 unspecified atom stereocenters. The number of hydrogen-bond donors (Lipinski definition) is 1. The van der Waals surface area contributed by atoms with E-state index in [1.165, 1.54) is 0 Å². The summed E-state index contributed by atoms with van der Waals surface area (Å²) >= 11 is 0. The largest absolute Gasteiger partial charge is 0.357 e. The number of likely N-dealkylation sites (tertiary alicyclic amines) is 1. The second kappa shape index (κ2) is 7.03. The molecular weight excluding hydrogens is 306 g/mol. The second-order valence-electron chi connectivity index (χ2n) is 6.32. The number of nitrogens with one attached hydrogen (secondary N) is 1. The lowest BCUT2D eigenvalue weighted by atomic mass is 10.00. The minimum atomic E-state index is -0.425. The summed E-state index contributed by atoms with van der Waals surface area (Å²) in [5, 5.41) is 2.63. The van der Waals surface area contributed by atoms with E-state index in [0.717, 1.165) is 24.1 Å². The molecule has 1 aromatic rings. The number of rotatable bonds is 3. The molecular formula is C18H23N3O3. The number of hydrogen-bond acceptors (Lipinski definition) is 3. The highest BCUT2D eigenvalue weighted by Crippen LogP contribution is 2.28. The van der Waals surface area contributed by atoms with E-state index in [4.69, 9.17) is 0 Å². The first-order valence-corrected chi connectivity index (χ1v) is 8.51. The van der Waals surface area contributed by atoms with Crippen LogP contribution in [0, 0.1) is 0 Å². The Morgan fingerprint density at radius 1 is 1.21 bits per heavy atom. The molecule has 3 amide bonds. The van der Waals surface area contributed by atoms with Crippen molar-refractivity contribution in [3.63, 3.8) is 0 Å². The lowest BCUT2D eigenvalue weighted by Crippen LogP contribution is -2.54. The molecule has 0 saturated carbocycles. The molecule has 3 rings (SSSR count). The monoisotopic (exact) mass is 329 g/mol. The summed E-state index contributed by atoms with van der Waals surface area (Å²) in [5.74, 6) is -0.322. The van der Waals surface area contributed by atoms with Crippen molar-refractivity contribution in [2.24, 2.45) is 0 Å². The van der Waals surface area contributed by atoms with E-state index in [0.29, 0.717) is 25.8 Å². The average molecular weight is 329 g/mol. The summed E-state index contributed by atoms with van der Waals surface area (Å²) in [6.45, 7) is 0.573. The molecule has 6 nitrogen and oxygen atoms in total. The first kappa shape index (κ1) is 16.5. The predicted octanol–water partition coefficient (Wildman–Crippen LogP) is 1.09. The maximum Gasteiger partial charge on any atom is 0.243 e. The number of carbonyl (C=O) groups is 3. The van der Waals surface area contributed by atoms with Crippen LogP contribution in [0.5, 0.6) is 0 Å². The van der Waals surface area contributed by atoms with Gasteiger partial charge in [-0.05, 0) is 37.3 Å². The van der Waals surface area contributed by atoms with Gasteiger partial charge >= 0.3 is 0 Å². The Balaban J connectivity index is 1.78. The molecule has 0 aliphatic carbocycles. The molecule has 1 aromatic carbocycles. The van der Waals surface area contributed by atoms with Crippen LogP contribution in [-0.2, 0) is 20.8 Å². The Morgan fingerprint density at radius 3 is 2.79 bits per heavy atom. The summed E-state index contributed by atoms with van der Waals surface area (Å²) in [5.41, 5.74) is 1.90. The Bertz CT molecular complexity index is 659.